The Morgan fingerprint density at radius 1 is 1.27 bits per heavy atom. The Hall–Kier alpha value is -1.89. The number of esters is 1. The maximum atomic E-state index is 12.7. The zero-order chi connectivity index (χ0) is 19.5. The van der Waals surface area contributed by atoms with Crippen LogP contribution in [0.2, 0.25) is 0 Å². The lowest BCUT2D eigenvalue weighted by Crippen LogP contribution is -2.41. The van der Waals surface area contributed by atoms with E-state index < -0.39 is 23.6 Å². The predicted octanol–water partition coefficient (Wildman–Crippen LogP) is 3.47. The van der Waals surface area contributed by atoms with E-state index in [0.717, 1.165) is 15.6 Å². The molecule has 1 aliphatic heterocycles. The molecule has 2 rings (SSSR count). The molecule has 1 atom stereocenters. The third-order valence-corrected chi connectivity index (χ3v) is 4.89. The van der Waals surface area contributed by atoms with Gasteiger partial charge in [-0.25, -0.2) is 0 Å². The number of hydrogen-bond donors (Lipinski definition) is 1. The van der Waals surface area contributed by atoms with Crippen molar-refractivity contribution in [3.05, 3.63) is 33.8 Å². The number of ether oxygens (including phenoxy) is 1. The van der Waals surface area contributed by atoms with Crippen LogP contribution < -0.4 is 0 Å². The lowest BCUT2D eigenvalue weighted by molar-refractivity contribution is -0.157. The third-order valence-electron chi connectivity index (χ3n) is 4.14. The van der Waals surface area contributed by atoms with Gasteiger partial charge in [0.2, 0.25) is 5.91 Å². The first-order valence-electron chi connectivity index (χ1n) is 8.59. The number of aliphatic carboxylic acids is 1. The van der Waals surface area contributed by atoms with E-state index in [0.29, 0.717) is 13.0 Å². The number of carboxylic acids is 1. The van der Waals surface area contributed by atoms with Crippen LogP contribution >= 0.6 is 15.9 Å². The number of amides is 1. The fourth-order valence-electron chi connectivity index (χ4n) is 3.14. The standard InChI is InChI=1S/C19H24BrNO5/c1-19(2,3)26-18(25)8-7-16(22)21-10-9-12-13(5-4-6-14(12)20)15(21)11-17(23)24/h4-6,15H,7-11H2,1-3H3,(H,23,24). The number of carbonyl (C=O) groups excluding carboxylic acids is 2. The molecule has 1 aromatic carbocycles. The summed E-state index contributed by atoms with van der Waals surface area (Å²) >= 11 is 3.50. The summed E-state index contributed by atoms with van der Waals surface area (Å²) in [5.41, 5.74) is 1.29. The fraction of sp³-hybridized carbons (Fsp3) is 0.526. The Kier molecular flexibility index (Phi) is 6.44. The normalized spacial score (nSPS) is 16.8. The summed E-state index contributed by atoms with van der Waals surface area (Å²) in [6.45, 7) is 5.75. The molecule has 1 aromatic rings. The van der Waals surface area contributed by atoms with E-state index in [2.05, 4.69) is 15.9 Å². The summed E-state index contributed by atoms with van der Waals surface area (Å²) in [5.74, 6) is -1.62. The number of carbonyl (C=O) groups is 3. The van der Waals surface area contributed by atoms with Gasteiger partial charge in [-0.3, -0.25) is 14.4 Å². The highest BCUT2D eigenvalue weighted by Gasteiger charge is 2.33. The van der Waals surface area contributed by atoms with Gasteiger partial charge in [-0.1, -0.05) is 28.1 Å². The molecule has 0 aliphatic carbocycles. The molecular formula is C19H24BrNO5. The quantitative estimate of drug-likeness (QED) is 0.729. The number of nitrogens with zero attached hydrogens (tertiary/aromatic N) is 1. The minimum Gasteiger partial charge on any atom is -0.481 e. The molecule has 0 saturated carbocycles. The number of benzene rings is 1. The molecule has 1 N–H and O–H groups in total. The second-order valence-electron chi connectivity index (χ2n) is 7.34. The average molecular weight is 426 g/mol. The lowest BCUT2D eigenvalue weighted by atomic mass is 9.90. The van der Waals surface area contributed by atoms with Crippen LogP contribution in [0.5, 0.6) is 0 Å². The highest BCUT2D eigenvalue weighted by atomic mass is 79.9. The molecule has 0 fully saturated rings. The molecule has 6 nitrogen and oxygen atoms in total. The molecule has 1 heterocycles. The van der Waals surface area contributed by atoms with Gasteiger partial charge in [0.15, 0.2) is 0 Å². The smallest absolute Gasteiger partial charge is 0.306 e. The van der Waals surface area contributed by atoms with Crippen LogP contribution in [-0.2, 0) is 25.5 Å². The van der Waals surface area contributed by atoms with Gasteiger partial charge in [-0.15, -0.1) is 0 Å². The van der Waals surface area contributed by atoms with Gasteiger partial charge in [0.25, 0.3) is 0 Å². The molecule has 142 valence electrons. The molecule has 0 radical (unpaired) electrons. The summed E-state index contributed by atoms with van der Waals surface area (Å²) in [6.07, 6.45) is 0.471. The monoisotopic (exact) mass is 425 g/mol. The van der Waals surface area contributed by atoms with Gasteiger partial charge >= 0.3 is 11.9 Å². The Labute approximate surface area is 161 Å². The Morgan fingerprint density at radius 3 is 2.58 bits per heavy atom. The molecule has 1 aliphatic rings. The SMILES string of the molecule is CC(C)(C)OC(=O)CCC(=O)N1CCc2c(Br)cccc2C1CC(=O)O. The van der Waals surface area contributed by atoms with Gasteiger partial charge in [0, 0.05) is 17.4 Å². The molecular weight excluding hydrogens is 402 g/mol. The Morgan fingerprint density at radius 2 is 1.96 bits per heavy atom. The first-order chi connectivity index (χ1) is 12.1. The van der Waals surface area contributed by atoms with Gasteiger partial charge in [0.1, 0.15) is 5.60 Å². The largest absolute Gasteiger partial charge is 0.481 e. The van der Waals surface area contributed by atoms with Crippen molar-refractivity contribution >= 4 is 33.8 Å². The summed E-state index contributed by atoms with van der Waals surface area (Å²) in [5, 5.41) is 9.28. The number of carboxylic acid groups (broad SMARTS) is 1. The molecule has 26 heavy (non-hydrogen) atoms. The van der Waals surface area contributed by atoms with Crippen molar-refractivity contribution in [2.75, 3.05) is 6.54 Å². The number of halogens is 1. The molecule has 0 saturated heterocycles. The third kappa shape index (κ3) is 5.30. The topological polar surface area (TPSA) is 83.9 Å². The number of fused-ring (bicyclic) bond motifs is 1. The minimum absolute atomic E-state index is 0.00830. The van der Waals surface area contributed by atoms with Crippen molar-refractivity contribution in [1.29, 1.82) is 0 Å². The fourth-order valence-corrected chi connectivity index (χ4v) is 3.72. The predicted molar refractivity (Wildman–Crippen MR) is 99.6 cm³/mol. The molecule has 1 amide bonds. The van der Waals surface area contributed by atoms with Crippen molar-refractivity contribution < 1.29 is 24.2 Å². The molecule has 0 bridgehead atoms. The number of hydrogen-bond acceptors (Lipinski definition) is 4. The van der Waals surface area contributed by atoms with Crippen LogP contribution in [0.25, 0.3) is 0 Å². The zero-order valence-corrected chi connectivity index (χ0v) is 16.8. The summed E-state index contributed by atoms with van der Waals surface area (Å²) in [6, 6.07) is 5.09. The van der Waals surface area contributed by atoms with Crippen LogP contribution in [0.15, 0.2) is 22.7 Å². The average Bonchev–Trinajstić information content (AvgIpc) is 2.51. The first kappa shape index (κ1) is 20.4. The zero-order valence-electron chi connectivity index (χ0n) is 15.3. The van der Waals surface area contributed by atoms with E-state index in [9.17, 15) is 19.5 Å². The van der Waals surface area contributed by atoms with E-state index in [4.69, 9.17) is 4.74 Å². The second kappa shape index (κ2) is 8.20. The second-order valence-corrected chi connectivity index (χ2v) is 8.20. The van der Waals surface area contributed by atoms with E-state index in [1.807, 2.05) is 18.2 Å². The van der Waals surface area contributed by atoms with E-state index in [-0.39, 0.29) is 25.2 Å². The lowest BCUT2D eigenvalue weighted by Gasteiger charge is -2.37. The van der Waals surface area contributed by atoms with Crippen molar-refractivity contribution in [3.63, 3.8) is 0 Å². The number of rotatable bonds is 5. The van der Waals surface area contributed by atoms with Gasteiger partial charge < -0.3 is 14.7 Å². The molecule has 0 spiro atoms. The van der Waals surface area contributed by atoms with Crippen molar-refractivity contribution in [2.24, 2.45) is 0 Å². The van der Waals surface area contributed by atoms with Crippen LogP contribution in [0.1, 0.15) is 57.2 Å². The van der Waals surface area contributed by atoms with Crippen LogP contribution in [0.4, 0.5) is 0 Å². The van der Waals surface area contributed by atoms with Crippen LogP contribution in [-0.4, -0.2) is 40.0 Å². The molecule has 7 heteroatoms. The first-order valence-corrected chi connectivity index (χ1v) is 9.38. The summed E-state index contributed by atoms with van der Waals surface area (Å²) in [7, 11) is 0. The van der Waals surface area contributed by atoms with Gasteiger partial charge in [-0.05, 0) is 44.4 Å². The van der Waals surface area contributed by atoms with E-state index >= 15 is 0 Å². The van der Waals surface area contributed by atoms with E-state index in [1.165, 1.54) is 0 Å². The highest BCUT2D eigenvalue weighted by Crippen LogP contribution is 2.36. The van der Waals surface area contributed by atoms with Crippen molar-refractivity contribution in [3.8, 4) is 0 Å². The Bertz CT molecular complexity index is 710. The van der Waals surface area contributed by atoms with E-state index in [1.54, 1.807) is 25.7 Å². The Balaban J connectivity index is 2.13. The van der Waals surface area contributed by atoms with Crippen molar-refractivity contribution in [1.82, 2.24) is 4.90 Å². The minimum atomic E-state index is -0.965. The van der Waals surface area contributed by atoms with Crippen molar-refractivity contribution in [2.45, 2.75) is 58.1 Å². The summed E-state index contributed by atoms with van der Waals surface area (Å²) < 4.78 is 6.15. The molecule has 1 unspecified atom stereocenters. The van der Waals surface area contributed by atoms with Crippen LogP contribution in [0, 0.1) is 0 Å². The van der Waals surface area contributed by atoms with Crippen LogP contribution in [0.3, 0.4) is 0 Å². The maximum absolute atomic E-state index is 12.7. The highest BCUT2D eigenvalue weighted by molar-refractivity contribution is 9.10. The molecule has 0 aromatic heterocycles. The van der Waals surface area contributed by atoms with Gasteiger partial charge in [-0.2, -0.15) is 0 Å². The van der Waals surface area contributed by atoms with Gasteiger partial charge in [0.05, 0.1) is 18.9 Å². The summed E-state index contributed by atoms with van der Waals surface area (Å²) in [4.78, 5) is 37.4. The maximum Gasteiger partial charge on any atom is 0.306 e.